The minimum absolute atomic E-state index is 0.280. The number of fused-ring (bicyclic) bond motifs is 1. The van der Waals surface area contributed by atoms with Crippen molar-refractivity contribution in [1.82, 2.24) is 19.8 Å². The van der Waals surface area contributed by atoms with Crippen LogP contribution in [0.1, 0.15) is 0 Å². The molecule has 0 unspecified atom stereocenters. The Bertz CT molecular complexity index is 494. The average molecular weight is 170 g/mol. The molecule has 2 heterocycles. The van der Waals surface area contributed by atoms with Gasteiger partial charge in [0.25, 0.3) is 5.56 Å². The fraction of sp³-hybridized carbons (Fsp3) is 0. The number of aromatic amines is 1. The lowest BCUT2D eigenvalue weighted by atomic mass is 10.9. The smallest absolute Gasteiger partial charge is 0.266 e. The van der Waals surface area contributed by atoms with Crippen molar-refractivity contribution in [1.29, 1.82) is 0 Å². The van der Waals surface area contributed by atoms with E-state index < -0.39 is 0 Å². The summed E-state index contributed by atoms with van der Waals surface area (Å²) in [6.45, 7) is 0. The zero-order valence-corrected chi connectivity index (χ0v) is 5.96. The lowest BCUT2D eigenvalue weighted by Crippen LogP contribution is -2.15. The maximum atomic E-state index is 10.9. The van der Waals surface area contributed by atoms with Crippen LogP contribution in [-0.2, 0) is 0 Å². The van der Waals surface area contributed by atoms with Crippen molar-refractivity contribution >= 4 is 16.3 Å². The van der Waals surface area contributed by atoms with E-state index in [4.69, 9.17) is 0 Å². The van der Waals surface area contributed by atoms with E-state index in [1.165, 1.54) is 0 Å². The van der Waals surface area contributed by atoms with Crippen molar-refractivity contribution in [3.05, 3.63) is 26.2 Å². The summed E-state index contributed by atoms with van der Waals surface area (Å²) in [7, 11) is 0. The summed E-state index contributed by atoms with van der Waals surface area (Å²) >= 11 is 0.845. The van der Waals surface area contributed by atoms with Crippen LogP contribution in [0.4, 0.5) is 0 Å². The first-order chi connectivity index (χ1) is 5.27. The normalized spacial score (nSPS) is 10.5. The summed E-state index contributed by atoms with van der Waals surface area (Å²) in [5, 5.41) is 9.25. The van der Waals surface area contributed by atoms with Gasteiger partial charge in [0.15, 0.2) is 0 Å². The van der Waals surface area contributed by atoms with E-state index in [2.05, 4.69) is 15.3 Å². The topological polar surface area (TPSA) is 80.1 Å². The van der Waals surface area contributed by atoms with Gasteiger partial charge >= 0.3 is 4.87 Å². The fourth-order valence-corrected chi connectivity index (χ4v) is 1.31. The summed E-state index contributed by atoms with van der Waals surface area (Å²) in [5.41, 5.74) is -0.381. The van der Waals surface area contributed by atoms with Gasteiger partial charge in [-0.2, -0.15) is 9.61 Å². The first-order valence-electron chi connectivity index (χ1n) is 2.71. The highest BCUT2D eigenvalue weighted by Crippen LogP contribution is 1.92. The Balaban J connectivity index is 3.14. The van der Waals surface area contributed by atoms with E-state index >= 15 is 0 Å². The van der Waals surface area contributed by atoms with Crippen molar-refractivity contribution in [2.45, 2.75) is 0 Å². The van der Waals surface area contributed by atoms with E-state index in [1.807, 2.05) is 0 Å². The molecule has 0 fully saturated rings. The Hall–Kier alpha value is -1.50. The predicted octanol–water partition coefficient (Wildman–Crippen LogP) is -1.16. The molecule has 2 aromatic heterocycles. The van der Waals surface area contributed by atoms with E-state index in [-0.39, 0.29) is 15.4 Å². The third-order valence-electron chi connectivity index (χ3n) is 1.11. The SMILES string of the molecule is O=c1[nH]n2c(=O)cnnc2s1. The molecular formula is C4H2N4O2S. The van der Waals surface area contributed by atoms with Crippen LogP contribution in [0.25, 0.3) is 4.96 Å². The summed E-state index contributed by atoms with van der Waals surface area (Å²) in [4.78, 5) is 21.5. The molecule has 2 rings (SSSR count). The van der Waals surface area contributed by atoms with Crippen LogP contribution in [0.3, 0.4) is 0 Å². The van der Waals surface area contributed by atoms with Crippen LogP contribution in [0.2, 0.25) is 0 Å². The minimum Gasteiger partial charge on any atom is -0.266 e. The number of hydrogen-bond donors (Lipinski definition) is 1. The van der Waals surface area contributed by atoms with Crippen molar-refractivity contribution in [2.75, 3.05) is 0 Å². The van der Waals surface area contributed by atoms with Crippen molar-refractivity contribution in [2.24, 2.45) is 0 Å². The Morgan fingerprint density at radius 3 is 3.09 bits per heavy atom. The molecule has 7 heteroatoms. The molecule has 0 saturated heterocycles. The molecule has 0 saturated carbocycles. The highest BCUT2D eigenvalue weighted by molar-refractivity contribution is 7.14. The third kappa shape index (κ3) is 0.855. The molecule has 0 aliphatic rings. The zero-order chi connectivity index (χ0) is 7.84. The second-order valence-corrected chi connectivity index (χ2v) is 2.74. The number of nitrogens with one attached hydrogen (secondary N) is 1. The van der Waals surface area contributed by atoms with Gasteiger partial charge in [0.2, 0.25) is 4.96 Å². The molecule has 1 N–H and O–H groups in total. The van der Waals surface area contributed by atoms with Crippen LogP contribution in [0, 0.1) is 0 Å². The van der Waals surface area contributed by atoms with Gasteiger partial charge in [0.05, 0.1) is 0 Å². The van der Waals surface area contributed by atoms with Crippen LogP contribution in [0.5, 0.6) is 0 Å². The van der Waals surface area contributed by atoms with E-state index in [0.717, 1.165) is 22.0 Å². The zero-order valence-electron chi connectivity index (χ0n) is 5.14. The van der Waals surface area contributed by atoms with E-state index in [9.17, 15) is 9.59 Å². The fourth-order valence-electron chi connectivity index (χ4n) is 0.690. The van der Waals surface area contributed by atoms with Crippen molar-refractivity contribution < 1.29 is 0 Å². The maximum Gasteiger partial charge on any atom is 0.323 e. The average Bonchev–Trinajstić information content (AvgIpc) is 2.31. The molecule has 0 aliphatic heterocycles. The van der Waals surface area contributed by atoms with Gasteiger partial charge in [-0.1, -0.05) is 0 Å². The van der Waals surface area contributed by atoms with Gasteiger partial charge in [-0.25, -0.2) is 5.10 Å². The summed E-state index contributed by atoms with van der Waals surface area (Å²) in [6, 6.07) is 0. The Labute approximate surface area is 63.1 Å². The van der Waals surface area contributed by atoms with Crippen LogP contribution < -0.4 is 10.4 Å². The molecule has 2 aromatic rings. The highest BCUT2D eigenvalue weighted by atomic mass is 32.1. The predicted molar refractivity (Wildman–Crippen MR) is 37.8 cm³/mol. The second kappa shape index (κ2) is 1.99. The molecule has 11 heavy (non-hydrogen) atoms. The Morgan fingerprint density at radius 1 is 1.55 bits per heavy atom. The minimum atomic E-state index is -0.381. The summed E-state index contributed by atoms with van der Waals surface area (Å²) < 4.78 is 1.06. The molecule has 6 nitrogen and oxygen atoms in total. The maximum absolute atomic E-state index is 10.9. The van der Waals surface area contributed by atoms with Gasteiger partial charge in [0, 0.05) is 0 Å². The van der Waals surface area contributed by atoms with E-state index in [0.29, 0.717) is 0 Å². The number of rotatable bonds is 0. The second-order valence-electron chi connectivity index (χ2n) is 1.80. The molecule has 0 aromatic carbocycles. The van der Waals surface area contributed by atoms with Crippen LogP contribution in [-0.4, -0.2) is 19.8 Å². The van der Waals surface area contributed by atoms with Gasteiger partial charge < -0.3 is 0 Å². The number of nitrogens with zero attached hydrogens (tertiary/aromatic N) is 3. The van der Waals surface area contributed by atoms with Gasteiger partial charge in [0.1, 0.15) is 6.20 Å². The standard InChI is InChI=1S/C4H2N4O2S/c9-2-1-5-6-3-8(2)7-4(10)11-3/h1H,(H,7,10). The molecular weight excluding hydrogens is 168 g/mol. The van der Waals surface area contributed by atoms with Gasteiger partial charge in [-0.3, -0.25) is 9.59 Å². The largest absolute Gasteiger partial charge is 0.323 e. The lowest BCUT2D eigenvalue weighted by Gasteiger charge is -1.83. The quantitative estimate of drug-likeness (QED) is 0.540. The summed E-state index contributed by atoms with van der Waals surface area (Å²) in [5.74, 6) is 0. The first-order valence-corrected chi connectivity index (χ1v) is 3.52. The molecule has 0 spiro atoms. The van der Waals surface area contributed by atoms with Crippen LogP contribution >= 0.6 is 11.3 Å². The molecule has 0 radical (unpaired) electrons. The molecule has 0 aliphatic carbocycles. The molecule has 0 atom stereocenters. The Morgan fingerprint density at radius 2 is 2.36 bits per heavy atom. The van der Waals surface area contributed by atoms with Crippen molar-refractivity contribution in [3.63, 3.8) is 0 Å². The van der Waals surface area contributed by atoms with Gasteiger partial charge in [-0.15, -0.1) is 5.10 Å². The molecule has 56 valence electrons. The molecule has 0 amide bonds. The number of H-pyrrole nitrogens is 1. The number of aromatic nitrogens is 4. The lowest BCUT2D eigenvalue weighted by molar-refractivity contribution is 0.842. The highest BCUT2D eigenvalue weighted by Gasteiger charge is 1.99. The summed E-state index contributed by atoms with van der Waals surface area (Å²) in [6.07, 6.45) is 1.04. The van der Waals surface area contributed by atoms with Crippen LogP contribution in [0.15, 0.2) is 15.8 Å². The first kappa shape index (κ1) is 6.23. The van der Waals surface area contributed by atoms with Gasteiger partial charge in [-0.05, 0) is 11.3 Å². The van der Waals surface area contributed by atoms with E-state index in [1.54, 1.807) is 0 Å². The van der Waals surface area contributed by atoms with Crippen molar-refractivity contribution in [3.8, 4) is 0 Å². The number of hydrogen-bond acceptors (Lipinski definition) is 5. The monoisotopic (exact) mass is 170 g/mol. The molecule has 0 bridgehead atoms. The Kier molecular flexibility index (Phi) is 1.13. The third-order valence-corrected chi connectivity index (χ3v) is 1.83.